The molecule has 0 unspecified atom stereocenters. The summed E-state index contributed by atoms with van der Waals surface area (Å²) in [6, 6.07) is 5.28. The standard InChI is InChI=1S/C12H11ClN2O2/c1-7-3-4-8(12(16)17-2)5-9(7)10-11(13)15-6-14-10/h3-6H,1-2H3,(H,14,15). The highest BCUT2D eigenvalue weighted by atomic mass is 35.5. The molecule has 1 heterocycles. The first kappa shape index (κ1) is 11.7. The van der Waals surface area contributed by atoms with Crippen LogP contribution in [0.4, 0.5) is 0 Å². The lowest BCUT2D eigenvalue weighted by Crippen LogP contribution is -2.01. The number of hydrogen-bond donors (Lipinski definition) is 1. The first-order valence-corrected chi connectivity index (χ1v) is 5.39. The van der Waals surface area contributed by atoms with Crippen molar-refractivity contribution in [2.24, 2.45) is 0 Å². The number of rotatable bonds is 2. The Morgan fingerprint density at radius 3 is 2.82 bits per heavy atom. The van der Waals surface area contributed by atoms with Crippen LogP contribution < -0.4 is 0 Å². The van der Waals surface area contributed by atoms with Gasteiger partial charge in [-0.1, -0.05) is 17.7 Å². The number of aromatic nitrogens is 2. The fourth-order valence-electron chi connectivity index (χ4n) is 1.59. The number of nitrogens with zero attached hydrogens (tertiary/aromatic N) is 1. The highest BCUT2D eigenvalue weighted by molar-refractivity contribution is 6.31. The monoisotopic (exact) mass is 250 g/mol. The molecule has 0 atom stereocenters. The molecule has 1 aromatic carbocycles. The average molecular weight is 251 g/mol. The van der Waals surface area contributed by atoms with Crippen molar-refractivity contribution in [3.8, 4) is 11.3 Å². The molecule has 88 valence electrons. The van der Waals surface area contributed by atoms with Gasteiger partial charge in [0.05, 0.1) is 19.0 Å². The van der Waals surface area contributed by atoms with E-state index in [1.165, 1.54) is 13.4 Å². The van der Waals surface area contributed by atoms with E-state index in [1.54, 1.807) is 12.1 Å². The minimum Gasteiger partial charge on any atom is -0.465 e. The number of carbonyl (C=O) groups excluding carboxylic acids is 1. The molecule has 0 radical (unpaired) electrons. The number of aromatic amines is 1. The minimum atomic E-state index is -0.377. The molecule has 17 heavy (non-hydrogen) atoms. The van der Waals surface area contributed by atoms with Gasteiger partial charge in [0.1, 0.15) is 10.8 Å². The maximum Gasteiger partial charge on any atom is 0.337 e. The second-order valence-electron chi connectivity index (χ2n) is 3.59. The van der Waals surface area contributed by atoms with Gasteiger partial charge in [0.15, 0.2) is 0 Å². The van der Waals surface area contributed by atoms with Crippen LogP contribution in [0, 0.1) is 6.92 Å². The summed E-state index contributed by atoms with van der Waals surface area (Å²) in [5, 5.41) is 0.454. The van der Waals surface area contributed by atoms with Crippen molar-refractivity contribution in [2.45, 2.75) is 6.92 Å². The molecule has 4 nitrogen and oxygen atoms in total. The van der Waals surface area contributed by atoms with Gasteiger partial charge in [-0.15, -0.1) is 0 Å². The van der Waals surface area contributed by atoms with Gasteiger partial charge in [-0.3, -0.25) is 0 Å². The van der Waals surface area contributed by atoms with E-state index in [0.29, 0.717) is 16.4 Å². The molecule has 1 N–H and O–H groups in total. The topological polar surface area (TPSA) is 55.0 Å². The van der Waals surface area contributed by atoms with Gasteiger partial charge in [0, 0.05) is 5.56 Å². The lowest BCUT2D eigenvalue weighted by atomic mass is 10.0. The molecular weight excluding hydrogens is 240 g/mol. The third-order valence-electron chi connectivity index (χ3n) is 2.51. The molecule has 5 heteroatoms. The maximum atomic E-state index is 11.4. The summed E-state index contributed by atoms with van der Waals surface area (Å²) in [5.74, 6) is -0.377. The maximum absolute atomic E-state index is 11.4. The van der Waals surface area contributed by atoms with Gasteiger partial charge in [0.2, 0.25) is 0 Å². The molecule has 0 amide bonds. The molecule has 2 rings (SSSR count). The summed E-state index contributed by atoms with van der Waals surface area (Å²) < 4.78 is 4.68. The van der Waals surface area contributed by atoms with Crippen molar-refractivity contribution >= 4 is 17.6 Å². The number of hydrogen-bond acceptors (Lipinski definition) is 3. The van der Waals surface area contributed by atoms with Crippen LogP contribution in [0.1, 0.15) is 15.9 Å². The van der Waals surface area contributed by atoms with Gasteiger partial charge in [-0.25, -0.2) is 9.78 Å². The van der Waals surface area contributed by atoms with E-state index < -0.39 is 0 Å². The van der Waals surface area contributed by atoms with E-state index in [0.717, 1.165) is 11.1 Å². The van der Waals surface area contributed by atoms with Crippen LogP contribution in [0.5, 0.6) is 0 Å². The summed E-state index contributed by atoms with van der Waals surface area (Å²) >= 11 is 5.98. The number of H-pyrrole nitrogens is 1. The predicted molar refractivity (Wildman–Crippen MR) is 65.1 cm³/mol. The second kappa shape index (κ2) is 4.59. The molecule has 1 aromatic heterocycles. The molecule has 0 fully saturated rings. The molecule has 0 saturated carbocycles. The minimum absolute atomic E-state index is 0.377. The Morgan fingerprint density at radius 2 is 2.24 bits per heavy atom. The number of benzene rings is 1. The van der Waals surface area contributed by atoms with E-state index in [1.807, 2.05) is 13.0 Å². The molecule has 0 aliphatic heterocycles. The molecule has 0 saturated heterocycles. The lowest BCUT2D eigenvalue weighted by molar-refractivity contribution is 0.0601. The average Bonchev–Trinajstić information content (AvgIpc) is 2.75. The number of halogens is 1. The third kappa shape index (κ3) is 2.17. The SMILES string of the molecule is COC(=O)c1ccc(C)c(-c2nc[nH]c2Cl)c1. The molecule has 0 aliphatic carbocycles. The van der Waals surface area contributed by atoms with Gasteiger partial charge in [-0.2, -0.15) is 0 Å². The smallest absolute Gasteiger partial charge is 0.337 e. The van der Waals surface area contributed by atoms with Crippen molar-refractivity contribution in [2.75, 3.05) is 7.11 Å². The Balaban J connectivity index is 2.54. The predicted octanol–water partition coefficient (Wildman–Crippen LogP) is 2.83. The normalized spacial score (nSPS) is 10.3. The first-order chi connectivity index (χ1) is 8.13. The Labute approximate surface area is 104 Å². The van der Waals surface area contributed by atoms with Crippen LogP contribution in [-0.2, 0) is 4.74 Å². The van der Waals surface area contributed by atoms with E-state index in [-0.39, 0.29) is 5.97 Å². The van der Waals surface area contributed by atoms with E-state index in [2.05, 4.69) is 14.7 Å². The fraction of sp³-hybridized carbons (Fsp3) is 0.167. The van der Waals surface area contributed by atoms with Crippen molar-refractivity contribution < 1.29 is 9.53 Å². The first-order valence-electron chi connectivity index (χ1n) is 5.01. The number of aryl methyl sites for hydroxylation is 1. The Hall–Kier alpha value is -1.81. The van der Waals surface area contributed by atoms with Crippen LogP contribution in [0.2, 0.25) is 5.15 Å². The lowest BCUT2D eigenvalue weighted by Gasteiger charge is -2.06. The van der Waals surface area contributed by atoms with Gasteiger partial charge >= 0.3 is 5.97 Å². The number of ether oxygens (including phenoxy) is 1. The van der Waals surface area contributed by atoms with Gasteiger partial charge in [0.25, 0.3) is 0 Å². The number of carbonyl (C=O) groups is 1. The summed E-state index contributed by atoms with van der Waals surface area (Å²) in [6.45, 7) is 1.93. The zero-order valence-corrected chi connectivity index (χ0v) is 10.2. The van der Waals surface area contributed by atoms with Crippen molar-refractivity contribution in [1.29, 1.82) is 0 Å². The quantitative estimate of drug-likeness (QED) is 0.834. The molecular formula is C12H11ClN2O2. The number of methoxy groups -OCH3 is 1. The van der Waals surface area contributed by atoms with Crippen molar-refractivity contribution in [3.05, 3.63) is 40.8 Å². The van der Waals surface area contributed by atoms with Crippen LogP contribution >= 0.6 is 11.6 Å². The number of imidazole rings is 1. The van der Waals surface area contributed by atoms with Crippen molar-refractivity contribution in [1.82, 2.24) is 9.97 Å². The van der Waals surface area contributed by atoms with Crippen LogP contribution in [0.25, 0.3) is 11.3 Å². The largest absolute Gasteiger partial charge is 0.465 e. The van der Waals surface area contributed by atoms with Crippen LogP contribution in [0.3, 0.4) is 0 Å². The molecule has 0 bridgehead atoms. The van der Waals surface area contributed by atoms with Crippen LogP contribution in [0.15, 0.2) is 24.5 Å². The highest BCUT2D eigenvalue weighted by Crippen LogP contribution is 2.28. The summed E-state index contributed by atoms with van der Waals surface area (Å²) in [7, 11) is 1.35. The van der Waals surface area contributed by atoms with E-state index in [4.69, 9.17) is 11.6 Å². The summed E-state index contributed by atoms with van der Waals surface area (Å²) in [5.41, 5.74) is 2.92. The Bertz CT molecular complexity index is 563. The zero-order chi connectivity index (χ0) is 12.4. The highest BCUT2D eigenvalue weighted by Gasteiger charge is 2.13. The Morgan fingerprint density at radius 1 is 1.47 bits per heavy atom. The van der Waals surface area contributed by atoms with E-state index in [9.17, 15) is 4.79 Å². The Kier molecular flexibility index (Phi) is 3.15. The molecule has 0 aliphatic rings. The zero-order valence-electron chi connectivity index (χ0n) is 9.45. The third-order valence-corrected chi connectivity index (χ3v) is 2.79. The molecule has 0 spiro atoms. The fourth-order valence-corrected chi connectivity index (χ4v) is 1.79. The van der Waals surface area contributed by atoms with Crippen molar-refractivity contribution in [3.63, 3.8) is 0 Å². The second-order valence-corrected chi connectivity index (χ2v) is 3.96. The van der Waals surface area contributed by atoms with E-state index >= 15 is 0 Å². The number of nitrogens with one attached hydrogen (secondary N) is 1. The number of esters is 1. The van der Waals surface area contributed by atoms with Gasteiger partial charge < -0.3 is 9.72 Å². The van der Waals surface area contributed by atoms with Gasteiger partial charge in [-0.05, 0) is 24.6 Å². The van der Waals surface area contributed by atoms with Crippen LogP contribution in [-0.4, -0.2) is 23.0 Å². The summed E-state index contributed by atoms with van der Waals surface area (Å²) in [4.78, 5) is 18.4. The molecule has 2 aromatic rings. The summed E-state index contributed by atoms with van der Waals surface area (Å²) in [6.07, 6.45) is 1.52.